The number of para-hydroxylation sites is 1. The summed E-state index contributed by atoms with van der Waals surface area (Å²) < 4.78 is 22.8. The van der Waals surface area contributed by atoms with E-state index in [1.165, 1.54) is 21.5 Å². The van der Waals surface area contributed by atoms with Crippen molar-refractivity contribution in [1.29, 1.82) is 5.26 Å². The SMILES string of the molecule is Cc1cc(-n2cc(F)cn2)c2cccc(OCc3c(Cl)cnc(C)c3Cn3cccc(C#N)c3=O)c2n1. The number of fused-ring (bicyclic) bond motifs is 1. The molecule has 5 aromatic rings. The maximum Gasteiger partial charge on any atom is 0.268 e. The minimum atomic E-state index is -0.440. The van der Waals surface area contributed by atoms with Gasteiger partial charge in [0, 0.05) is 40.3 Å². The third-order valence-corrected chi connectivity index (χ3v) is 6.33. The van der Waals surface area contributed by atoms with E-state index in [1.54, 1.807) is 24.5 Å². The van der Waals surface area contributed by atoms with Crippen LogP contribution in [0, 0.1) is 31.0 Å². The van der Waals surface area contributed by atoms with Crippen LogP contribution in [0.2, 0.25) is 5.02 Å². The topological polar surface area (TPSA) is 98.6 Å². The Morgan fingerprint density at radius 2 is 2.00 bits per heavy atom. The number of rotatable bonds is 6. The first-order valence-corrected chi connectivity index (χ1v) is 11.7. The van der Waals surface area contributed by atoms with Gasteiger partial charge in [0.05, 0.1) is 29.6 Å². The van der Waals surface area contributed by atoms with Crippen LogP contribution < -0.4 is 10.3 Å². The van der Waals surface area contributed by atoms with Gasteiger partial charge in [-0.15, -0.1) is 0 Å². The van der Waals surface area contributed by atoms with Crippen LogP contribution in [0.15, 0.2) is 66.0 Å². The number of hydrogen-bond acceptors (Lipinski definition) is 6. The van der Waals surface area contributed by atoms with Crippen molar-refractivity contribution < 1.29 is 9.13 Å². The van der Waals surface area contributed by atoms with Gasteiger partial charge in [-0.25, -0.2) is 14.1 Å². The number of benzene rings is 1. The molecule has 0 spiro atoms. The molecule has 4 heterocycles. The molecule has 0 radical (unpaired) electrons. The zero-order valence-electron chi connectivity index (χ0n) is 19.9. The molecule has 0 saturated carbocycles. The fourth-order valence-electron chi connectivity index (χ4n) is 4.17. The van der Waals surface area contributed by atoms with Crippen LogP contribution in [-0.4, -0.2) is 24.3 Å². The molecule has 0 N–H and O–H groups in total. The molecule has 184 valence electrons. The third kappa shape index (κ3) is 4.67. The van der Waals surface area contributed by atoms with E-state index in [0.717, 1.165) is 17.1 Å². The monoisotopic (exact) mass is 514 g/mol. The van der Waals surface area contributed by atoms with Gasteiger partial charge in [0.15, 0.2) is 5.82 Å². The van der Waals surface area contributed by atoms with E-state index in [4.69, 9.17) is 16.3 Å². The number of nitriles is 1. The number of aryl methyl sites for hydroxylation is 2. The molecule has 4 aromatic heterocycles. The van der Waals surface area contributed by atoms with E-state index in [2.05, 4.69) is 15.1 Å². The van der Waals surface area contributed by atoms with Crippen molar-refractivity contribution >= 4 is 22.5 Å². The van der Waals surface area contributed by atoms with Crippen molar-refractivity contribution in [3.05, 3.63) is 110 Å². The Labute approximate surface area is 216 Å². The van der Waals surface area contributed by atoms with Crippen LogP contribution in [0.25, 0.3) is 16.6 Å². The van der Waals surface area contributed by atoms with Crippen molar-refractivity contribution in [3.8, 4) is 17.5 Å². The number of aromatic nitrogens is 5. The molecule has 0 amide bonds. The summed E-state index contributed by atoms with van der Waals surface area (Å²) >= 11 is 6.54. The highest BCUT2D eigenvalue weighted by Crippen LogP contribution is 2.31. The molecule has 0 aliphatic carbocycles. The molecule has 5 rings (SSSR count). The highest BCUT2D eigenvalue weighted by molar-refractivity contribution is 6.31. The van der Waals surface area contributed by atoms with E-state index >= 15 is 0 Å². The van der Waals surface area contributed by atoms with Gasteiger partial charge in [-0.3, -0.25) is 9.78 Å². The van der Waals surface area contributed by atoms with Gasteiger partial charge in [0.2, 0.25) is 0 Å². The van der Waals surface area contributed by atoms with Crippen LogP contribution in [-0.2, 0) is 13.2 Å². The lowest BCUT2D eigenvalue weighted by molar-refractivity contribution is 0.307. The number of hydrogen-bond donors (Lipinski definition) is 0. The summed E-state index contributed by atoms with van der Waals surface area (Å²) in [5.74, 6) is 0.0693. The Hall–Kier alpha value is -4.55. The quantitative estimate of drug-likeness (QED) is 0.320. The maximum atomic E-state index is 13.7. The Kier molecular flexibility index (Phi) is 6.42. The molecule has 0 saturated heterocycles. The summed E-state index contributed by atoms with van der Waals surface area (Å²) in [4.78, 5) is 21.6. The molecule has 0 aliphatic rings. The molecule has 1 aromatic carbocycles. The molecule has 0 fully saturated rings. The van der Waals surface area contributed by atoms with Crippen LogP contribution >= 0.6 is 11.6 Å². The van der Waals surface area contributed by atoms with Crippen molar-refractivity contribution in [3.63, 3.8) is 0 Å². The third-order valence-electron chi connectivity index (χ3n) is 6.01. The van der Waals surface area contributed by atoms with Crippen LogP contribution in [0.1, 0.15) is 28.1 Å². The minimum absolute atomic E-state index is 0.0537. The Morgan fingerprint density at radius 3 is 2.76 bits per heavy atom. The summed E-state index contributed by atoms with van der Waals surface area (Å²) in [6.45, 7) is 3.93. The van der Waals surface area contributed by atoms with Gasteiger partial charge in [0.25, 0.3) is 5.56 Å². The van der Waals surface area contributed by atoms with E-state index in [9.17, 15) is 14.4 Å². The second-order valence-corrected chi connectivity index (χ2v) is 8.85. The van der Waals surface area contributed by atoms with E-state index in [1.807, 2.05) is 38.1 Å². The number of pyridine rings is 3. The summed E-state index contributed by atoms with van der Waals surface area (Å²) in [6, 6.07) is 12.4. The summed E-state index contributed by atoms with van der Waals surface area (Å²) in [5.41, 5.74) is 3.72. The maximum absolute atomic E-state index is 13.7. The molecule has 10 heteroatoms. The van der Waals surface area contributed by atoms with Crippen molar-refractivity contribution in [2.75, 3.05) is 0 Å². The Bertz CT molecular complexity index is 1750. The number of ether oxygens (including phenoxy) is 1. The van der Waals surface area contributed by atoms with E-state index < -0.39 is 11.4 Å². The van der Waals surface area contributed by atoms with Crippen molar-refractivity contribution in [1.82, 2.24) is 24.3 Å². The van der Waals surface area contributed by atoms with Crippen molar-refractivity contribution in [2.24, 2.45) is 0 Å². The lowest BCUT2D eigenvalue weighted by Gasteiger charge is -2.17. The molecule has 37 heavy (non-hydrogen) atoms. The number of nitrogens with zero attached hydrogens (tertiary/aromatic N) is 6. The molecular formula is C27H20ClFN6O2. The van der Waals surface area contributed by atoms with Gasteiger partial charge < -0.3 is 9.30 Å². The first-order valence-electron chi connectivity index (χ1n) is 11.3. The molecule has 0 bridgehead atoms. The van der Waals surface area contributed by atoms with E-state index in [0.29, 0.717) is 38.9 Å². The lowest BCUT2D eigenvalue weighted by atomic mass is 10.1. The average Bonchev–Trinajstić information content (AvgIpc) is 3.32. The normalized spacial score (nSPS) is 11.0. The Balaban J connectivity index is 1.53. The fourth-order valence-corrected chi connectivity index (χ4v) is 4.39. The molecule has 0 aliphatic heterocycles. The van der Waals surface area contributed by atoms with Gasteiger partial charge in [-0.1, -0.05) is 23.7 Å². The first-order chi connectivity index (χ1) is 17.9. The highest BCUT2D eigenvalue weighted by Gasteiger charge is 2.17. The first kappa shape index (κ1) is 24.2. The predicted molar refractivity (Wildman–Crippen MR) is 136 cm³/mol. The van der Waals surface area contributed by atoms with Gasteiger partial charge in [-0.2, -0.15) is 10.4 Å². The van der Waals surface area contributed by atoms with Crippen molar-refractivity contribution in [2.45, 2.75) is 27.0 Å². The zero-order chi connectivity index (χ0) is 26.1. The second kappa shape index (κ2) is 9.84. The predicted octanol–water partition coefficient (Wildman–Crippen LogP) is 4.89. The van der Waals surface area contributed by atoms with E-state index in [-0.39, 0.29) is 18.7 Å². The smallest absolute Gasteiger partial charge is 0.268 e. The fraction of sp³-hybridized carbons (Fsp3) is 0.148. The lowest BCUT2D eigenvalue weighted by Crippen LogP contribution is -2.23. The summed E-state index contributed by atoms with van der Waals surface area (Å²) in [6.07, 6.45) is 5.61. The average molecular weight is 515 g/mol. The summed E-state index contributed by atoms with van der Waals surface area (Å²) in [7, 11) is 0. The standard InChI is InChI=1S/C27H20ClFN6O2/c1-16-9-24(35-13-19(29)11-32-35)20-6-3-7-25(26(20)33-16)37-15-22-21(17(2)31-12-23(22)28)14-34-8-4-5-18(10-30)27(34)36/h3-9,11-13H,14-15H2,1-2H3. The van der Waals surface area contributed by atoms with Gasteiger partial charge >= 0.3 is 0 Å². The van der Waals surface area contributed by atoms with Crippen LogP contribution in [0.4, 0.5) is 4.39 Å². The zero-order valence-corrected chi connectivity index (χ0v) is 20.7. The summed E-state index contributed by atoms with van der Waals surface area (Å²) in [5, 5.41) is 14.4. The van der Waals surface area contributed by atoms with Gasteiger partial charge in [0.1, 0.15) is 29.5 Å². The Morgan fingerprint density at radius 1 is 1.16 bits per heavy atom. The molecular weight excluding hydrogens is 495 g/mol. The second-order valence-electron chi connectivity index (χ2n) is 8.44. The largest absolute Gasteiger partial charge is 0.487 e. The van der Waals surface area contributed by atoms with Crippen LogP contribution in [0.5, 0.6) is 5.75 Å². The molecule has 8 nitrogen and oxygen atoms in total. The van der Waals surface area contributed by atoms with Crippen LogP contribution in [0.3, 0.4) is 0 Å². The minimum Gasteiger partial charge on any atom is -0.487 e. The molecule has 0 atom stereocenters. The number of halogens is 2. The highest BCUT2D eigenvalue weighted by atomic mass is 35.5. The molecule has 0 unspecified atom stereocenters. The van der Waals surface area contributed by atoms with Gasteiger partial charge in [-0.05, 0) is 38.1 Å².